The predicted octanol–water partition coefficient (Wildman–Crippen LogP) is 5.70. The Kier molecular flexibility index (Phi) is 6.91. The zero-order valence-electron chi connectivity index (χ0n) is 17.3. The summed E-state index contributed by atoms with van der Waals surface area (Å²) in [5.41, 5.74) is 3.31. The largest absolute Gasteiger partial charge is 0.490 e. The van der Waals surface area contributed by atoms with E-state index in [0.717, 1.165) is 41.7 Å². The molecule has 0 saturated heterocycles. The Bertz CT molecular complexity index is 1040. The fourth-order valence-corrected chi connectivity index (χ4v) is 3.24. The zero-order valence-corrected chi connectivity index (χ0v) is 17.3. The molecule has 3 rings (SSSR count). The van der Waals surface area contributed by atoms with Crippen LogP contribution < -0.4 is 9.47 Å². The Morgan fingerprint density at radius 2 is 1.93 bits per heavy atom. The summed E-state index contributed by atoms with van der Waals surface area (Å²) >= 11 is 0. The number of unbranched alkanes of at least 4 members (excludes halogenated alkanes) is 1. The Balaban J connectivity index is 1.99. The van der Waals surface area contributed by atoms with Crippen LogP contribution in [0, 0.1) is 11.3 Å². The van der Waals surface area contributed by atoms with Crippen LogP contribution in [0.4, 0.5) is 0 Å². The molecule has 29 heavy (non-hydrogen) atoms. The van der Waals surface area contributed by atoms with E-state index in [1.165, 1.54) is 0 Å². The molecule has 5 nitrogen and oxygen atoms in total. The van der Waals surface area contributed by atoms with Gasteiger partial charge in [0, 0.05) is 6.54 Å². The minimum atomic E-state index is 0.519. The molecule has 150 valence electrons. The molecule has 0 bridgehead atoms. The first-order chi connectivity index (χ1) is 14.2. The number of benzene rings is 2. The Morgan fingerprint density at radius 1 is 1.10 bits per heavy atom. The first-order valence-corrected chi connectivity index (χ1v) is 10.2. The molecule has 0 spiro atoms. The molecule has 0 aliphatic rings. The normalized spacial score (nSPS) is 11.4. The van der Waals surface area contributed by atoms with E-state index in [-0.39, 0.29) is 0 Å². The molecule has 2 aromatic carbocycles. The van der Waals surface area contributed by atoms with Crippen molar-refractivity contribution in [1.82, 2.24) is 9.55 Å². The number of nitriles is 1. The molecule has 0 N–H and O–H groups in total. The third-order valence-electron chi connectivity index (χ3n) is 4.67. The highest BCUT2D eigenvalue weighted by molar-refractivity contribution is 5.91. The second-order valence-electron chi connectivity index (χ2n) is 6.68. The van der Waals surface area contributed by atoms with Gasteiger partial charge in [-0.1, -0.05) is 31.5 Å². The lowest BCUT2D eigenvalue weighted by atomic mass is 10.1. The van der Waals surface area contributed by atoms with E-state index in [9.17, 15) is 5.26 Å². The molecule has 0 fully saturated rings. The molecule has 3 aromatic rings. The van der Waals surface area contributed by atoms with Crippen molar-refractivity contribution in [2.24, 2.45) is 0 Å². The Hall–Kier alpha value is -3.26. The fraction of sp³-hybridized carbons (Fsp3) is 0.333. The second kappa shape index (κ2) is 9.79. The number of hydrogen-bond acceptors (Lipinski definition) is 4. The van der Waals surface area contributed by atoms with Gasteiger partial charge in [-0.3, -0.25) is 0 Å². The van der Waals surface area contributed by atoms with Crippen molar-refractivity contribution in [2.75, 3.05) is 13.2 Å². The number of allylic oxidation sites excluding steroid dienone is 1. The topological polar surface area (TPSA) is 60.1 Å². The van der Waals surface area contributed by atoms with E-state index in [0.29, 0.717) is 30.4 Å². The van der Waals surface area contributed by atoms with Gasteiger partial charge in [0.25, 0.3) is 0 Å². The third-order valence-corrected chi connectivity index (χ3v) is 4.67. The number of para-hydroxylation sites is 2. The molecule has 1 heterocycles. The molecule has 0 aliphatic carbocycles. The van der Waals surface area contributed by atoms with Gasteiger partial charge in [0.1, 0.15) is 6.07 Å². The highest BCUT2D eigenvalue weighted by atomic mass is 16.5. The van der Waals surface area contributed by atoms with Gasteiger partial charge in [0.2, 0.25) is 0 Å². The van der Waals surface area contributed by atoms with E-state index in [4.69, 9.17) is 14.5 Å². The number of fused-ring (bicyclic) bond motifs is 1. The van der Waals surface area contributed by atoms with Crippen LogP contribution in [0.5, 0.6) is 11.5 Å². The van der Waals surface area contributed by atoms with Crippen molar-refractivity contribution in [2.45, 2.75) is 40.2 Å². The van der Waals surface area contributed by atoms with Crippen molar-refractivity contribution in [1.29, 1.82) is 5.26 Å². The van der Waals surface area contributed by atoms with Crippen LogP contribution >= 0.6 is 0 Å². The lowest BCUT2D eigenvalue weighted by molar-refractivity contribution is 0.272. The molecular weight excluding hydrogens is 362 g/mol. The van der Waals surface area contributed by atoms with Gasteiger partial charge < -0.3 is 14.0 Å². The monoisotopic (exact) mass is 389 g/mol. The van der Waals surface area contributed by atoms with Crippen molar-refractivity contribution in [3.63, 3.8) is 0 Å². The van der Waals surface area contributed by atoms with Gasteiger partial charge in [-0.05, 0) is 56.2 Å². The summed E-state index contributed by atoms with van der Waals surface area (Å²) in [4.78, 5) is 4.69. The van der Waals surface area contributed by atoms with Crippen LogP contribution in [-0.2, 0) is 6.54 Å². The SMILES string of the molecule is CCCCOc1ccc(/C=C(/C#N)c2nc3ccccc3n2CC)cc1OCC. The summed E-state index contributed by atoms with van der Waals surface area (Å²) in [7, 11) is 0. The number of nitrogens with zero attached hydrogens (tertiary/aromatic N) is 3. The van der Waals surface area contributed by atoms with Gasteiger partial charge in [-0.15, -0.1) is 0 Å². The molecule has 0 unspecified atom stereocenters. The number of hydrogen-bond donors (Lipinski definition) is 0. The minimum absolute atomic E-state index is 0.519. The smallest absolute Gasteiger partial charge is 0.161 e. The van der Waals surface area contributed by atoms with Gasteiger partial charge in [0.15, 0.2) is 17.3 Å². The molecule has 0 aliphatic heterocycles. The minimum Gasteiger partial charge on any atom is -0.490 e. The van der Waals surface area contributed by atoms with E-state index >= 15 is 0 Å². The lowest BCUT2D eigenvalue weighted by Crippen LogP contribution is -2.01. The highest BCUT2D eigenvalue weighted by Gasteiger charge is 2.14. The number of rotatable bonds is 9. The molecule has 0 atom stereocenters. The van der Waals surface area contributed by atoms with Gasteiger partial charge >= 0.3 is 0 Å². The van der Waals surface area contributed by atoms with E-state index < -0.39 is 0 Å². The average molecular weight is 389 g/mol. The number of imidazole rings is 1. The molecule has 0 amide bonds. The summed E-state index contributed by atoms with van der Waals surface area (Å²) in [6, 6.07) is 16.0. The summed E-state index contributed by atoms with van der Waals surface area (Å²) < 4.78 is 13.7. The zero-order chi connectivity index (χ0) is 20.6. The van der Waals surface area contributed by atoms with Gasteiger partial charge in [-0.2, -0.15) is 5.26 Å². The first-order valence-electron chi connectivity index (χ1n) is 10.2. The fourth-order valence-electron chi connectivity index (χ4n) is 3.24. The summed E-state index contributed by atoms with van der Waals surface area (Å²) in [6.07, 6.45) is 3.93. The maximum Gasteiger partial charge on any atom is 0.161 e. The predicted molar refractivity (Wildman–Crippen MR) is 117 cm³/mol. The van der Waals surface area contributed by atoms with E-state index in [1.54, 1.807) is 0 Å². The third kappa shape index (κ3) is 4.60. The maximum absolute atomic E-state index is 9.83. The molecular formula is C24H27N3O2. The summed E-state index contributed by atoms with van der Waals surface area (Å²) in [5, 5.41) is 9.83. The van der Waals surface area contributed by atoms with Crippen LogP contribution in [0.1, 0.15) is 45.0 Å². The maximum atomic E-state index is 9.83. The van der Waals surface area contributed by atoms with Gasteiger partial charge in [0.05, 0.1) is 29.8 Å². The van der Waals surface area contributed by atoms with Crippen molar-refractivity contribution in [3.8, 4) is 17.6 Å². The van der Waals surface area contributed by atoms with Crippen molar-refractivity contribution >= 4 is 22.7 Å². The summed E-state index contributed by atoms with van der Waals surface area (Å²) in [6.45, 7) is 8.09. The standard InChI is InChI=1S/C24H27N3O2/c1-4-7-14-29-22-13-12-18(16-23(22)28-6-3)15-19(17-25)24-26-20-10-8-9-11-21(20)27(24)5-2/h8-13,15-16H,4-7,14H2,1-3H3/b19-15-. The lowest BCUT2D eigenvalue weighted by Gasteiger charge is -2.12. The van der Waals surface area contributed by atoms with Crippen LogP contribution in [-0.4, -0.2) is 22.8 Å². The highest BCUT2D eigenvalue weighted by Crippen LogP contribution is 2.31. The van der Waals surface area contributed by atoms with Gasteiger partial charge in [-0.25, -0.2) is 4.98 Å². The average Bonchev–Trinajstić information content (AvgIpc) is 3.12. The van der Waals surface area contributed by atoms with Crippen molar-refractivity contribution < 1.29 is 9.47 Å². The molecule has 5 heteroatoms. The second-order valence-corrected chi connectivity index (χ2v) is 6.68. The van der Waals surface area contributed by atoms with Crippen LogP contribution in [0.15, 0.2) is 42.5 Å². The molecule has 1 aromatic heterocycles. The quantitative estimate of drug-likeness (QED) is 0.348. The van der Waals surface area contributed by atoms with Crippen molar-refractivity contribution in [3.05, 3.63) is 53.9 Å². The Morgan fingerprint density at radius 3 is 2.66 bits per heavy atom. The number of ether oxygens (including phenoxy) is 2. The molecule has 0 saturated carbocycles. The summed E-state index contributed by atoms with van der Waals surface area (Å²) in [5.74, 6) is 2.10. The molecule has 0 radical (unpaired) electrons. The number of aromatic nitrogens is 2. The van der Waals surface area contributed by atoms with Crippen LogP contribution in [0.2, 0.25) is 0 Å². The van der Waals surface area contributed by atoms with E-state index in [2.05, 4.69) is 24.5 Å². The number of aryl methyl sites for hydroxylation is 1. The van der Waals surface area contributed by atoms with E-state index in [1.807, 2.05) is 55.5 Å². The van der Waals surface area contributed by atoms with Crippen LogP contribution in [0.25, 0.3) is 22.7 Å². The first kappa shape index (κ1) is 20.5. The van der Waals surface area contributed by atoms with Crippen LogP contribution in [0.3, 0.4) is 0 Å². The Labute approximate surface area is 172 Å².